The van der Waals surface area contributed by atoms with E-state index in [1.807, 2.05) is 18.2 Å². The summed E-state index contributed by atoms with van der Waals surface area (Å²) in [4.78, 5) is 2.18. The molecule has 1 aromatic carbocycles. The molecule has 0 spiro atoms. The van der Waals surface area contributed by atoms with Gasteiger partial charge in [0.25, 0.3) is 0 Å². The average molecular weight is 250 g/mol. The van der Waals surface area contributed by atoms with Crippen LogP contribution in [0.3, 0.4) is 0 Å². The minimum Gasteiger partial charge on any atom is -0.495 e. The number of hydrogen-bond acceptors (Lipinski definition) is 4. The summed E-state index contributed by atoms with van der Waals surface area (Å²) in [5.74, 6) is 0.897. The highest BCUT2D eigenvalue weighted by Gasteiger charge is 2.25. The number of para-hydroxylation sites is 2. The van der Waals surface area contributed by atoms with Crippen molar-refractivity contribution >= 4 is 5.69 Å². The highest BCUT2D eigenvalue weighted by Crippen LogP contribution is 2.28. The molecular formula is C14H22N2O2. The number of nitrogens with zero attached hydrogens (tertiary/aromatic N) is 1. The second kappa shape index (κ2) is 6.07. The molecule has 0 aromatic heterocycles. The molecule has 100 valence electrons. The summed E-state index contributed by atoms with van der Waals surface area (Å²) in [5, 5.41) is 0. The molecule has 0 bridgehead atoms. The third-order valence-corrected chi connectivity index (χ3v) is 3.43. The molecule has 1 aliphatic heterocycles. The van der Waals surface area contributed by atoms with Crippen molar-refractivity contribution in [1.29, 1.82) is 0 Å². The molecule has 1 fully saturated rings. The minimum atomic E-state index is 0.237. The van der Waals surface area contributed by atoms with Crippen molar-refractivity contribution < 1.29 is 9.47 Å². The van der Waals surface area contributed by atoms with E-state index in [1.165, 1.54) is 0 Å². The molecule has 1 aliphatic rings. The van der Waals surface area contributed by atoms with Crippen LogP contribution in [0.15, 0.2) is 24.3 Å². The lowest BCUT2D eigenvalue weighted by Gasteiger charge is -2.24. The molecule has 0 amide bonds. The summed E-state index contributed by atoms with van der Waals surface area (Å²) in [6.07, 6.45) is 2.66. The van der Waals surface area contributed by atoms with Crippen LogP contribution in [0.4, 0.5) is 5.69 Å². The Morgan fingerprint density at radius 1 is 1.33 bits per heavy atom. The van der Waals surface area contributed by atoms with E-state index in [9.17, 15) is 0 Å². The van der Waals surface area contributed by atoms with E-state index in [0.29, 0.717) is 6.54 Å². The number of hydrogen-bond donors (Lipinski definition) is 1. The van der Waals surface area contributed by atoms with Gasteiger partial charge in [-0.25, -0.2) is 0 Å². The molecule has 1 heterocycles. The number of methoxy groups -OCH3 is 1. The Kier molecular flexibility index (Phi) is 4.44. The lowest BCUT2D eigenvalue weighted by molar-refractivity contribution is 0.0549. The van der Waals surface area contributed by atoms with Crippen molar-refractivity contribution in [3.63, 3.8) is 0 Å². The van der Waals surface area contributed by atoms with Gasteiger partial charge in [0.2, 0.25) is 0 Å². The van der Waals surface area contributed by atoms with Gasteiger partial charge in [-0.15, -0.1) is 0 Å². The van der Waals surface area contributed by atoms with Gasteiger partial charge in [0.15, 0.2) is 0 Å². The molecule has 0 radical (unpaired) electrons. The fourth-order valence-corrected chi connectivity index (χ4v) is 2.44. The zero-order valence-electron chi connectivity index (χ0n) is 11.1. The van der Waals surface area contributed by atoms with E-state index in [4.69, 9.17) is 15.2 Å². The van der Waals surface area contributed by atoms with Gasteiger partial charge in [-0.3, -0.25) is 0 Å². The lowest BCUT2D eigenvalue weighted by Crippen LogP contribution is -2.30. The zero-order chi connectivity index (χ0) is 13.0. The van der Waals surface area contributed by atoms with E-state index in [0.717, 1.165) is 30.8 Å². The van der Waals surface area contributed by atoms with E-state index < -0.39 is 0 Å². The zero-order valence-corrected chi connectivity index (χ0v) is 11.1. The Bertz CT molecular complexity index is 384. The Morgan fingerprint density at radius 2 is 2.06 bits per heavy atom. The van der Waals surface area contributed by atoms with E-state index in [-0.39, 0.29) is 12.2 Å². The second-order valence-corrected chi connectivity index (χ2v) is 4.75. The highest BCUT2D eigenvalue weighted by atomic mass is 16.5. The summed E-state index contributed by atoms with van der Waals surface area (Å²) >= 11 is 0. The van der Waals surface area contributed by atoms with Gasteiger partial charge in [0.05, 0.1) is 25.0 Å². The van der Waals surface area contributed by atoms with E-state index in [1.54, 1.807) is 7.11 Å². The van der Waals surface area contributed by atoms with Crippen LogP contribution >= 0.6 is 0 Å². The van der Waals surface area contributed by atoms with Crippen LogP contribution in [0.1, 0.15) is 12.8 Å². The first kappa shape index (κ1) is 13.2. The maximum absolute atomic E-state index is 5.87. The number of ether oxygens (including phenoxy) is 2. The van der Waals surface area contributed by atoms with Gasteiger partial charge < -0.3 is 20.1 Å². The molecule has 2 N–H and O–H groups in total. The molecule has 0 aliphatic carbocycles. The van der Waals surface area contributed by atoms with Crippen molar-refractivity contribution in [2.24, 2.45) is 5.73 Å². The van der Waals surface area contributed by atoms with Crippen molar-refractivity contribution in [1.82, 2.24) is 0 Å². The van der Waals surface area contributed by atoms with Crippen LogP contribution in [0.25, 0.3) is 0 Å². The summed E-state index contributed by atoms with van der Waals surface area (Å²) in [5.41, 5.74) is 6.72. The molecule has 2 unspecified atom stereocenters. The third kappa shape index (κ3) is 2.94. The normalized spacial score (nSPS) is 23.1. The largest absolute Gasteiger partial charge is 0.495 e. The summed E-state index contributed by atoms with van der Waals surface area (Å²) < 4.78 is 11.2. The fourth-order valence-electron chi connectivity index (χ4n) is 2.44. The van der Waals surface area contributed by atoms with Crippen molar-refractivity contribution in [2.45, 2.75) is 25.0 Å². The third-order valence-electron chi connectivity index (χ3n) is 3.43. The molecule has 4 heteroatoms. The molecule has 2 rings (SSSR count). The Balaban J connectivity index is 1.97. The first-order chi connectivity index (χ1) is 8.74. The molecule has 4 nitrogen and oxygen atoms in total. The molecule has 1 aromatic rings. The topological polar surface area (TPSA) is 47.7 Å². The fraction of sp³-hybridized carbons (Fsp3) is 0.571. The highest BCUT2D eigenvalue weighted by molar-refractivity contribution is 5.57. The van der Waals surface area contributed by atoms with E-state index >= 15 is 0 Å². The maximum Gasteiger partial charge on any atom is 0.142 e. The predicted octanol–water partition coefficient (Wildman–Crippen LogP) is 1.64. The summed E-state index contributed by atoms with van der Waals surface area (Å²) in [7, 11) is 3.76. The van der Waals surface area contributed by atoms with Gasteiger partial charge in [0.1, 0.15) is 5.75 Å². The van der Waals surface area contributed by atoms with Crippen LogP contribution in [0, 0.1) is 0 Å². The predicted molar refractivity (Wildman–Crippen MR) is 73.2 cm³/mol. The monoisotopic (exact) mass is 250 g/mol. The van der Waals surface area contributed by atoms with Crippen LogP contribution in [-0.2, 0) is 4.74 Å². The number of anilines is 1. The first-order valence-corrected chi connectivity index (χ1v) is 6.44. The average Bonchev–Trinajstić information content (AvgIpc) is 2.86. The summed E-state index contributed by atoms with van der Waals surface area (Å²) in [6, 6.07) is 8.04. The molecule has 18 heavy (non-hydrogen) atoms. The molecular weight excluding hydrogens is 228 g/mol. The van der Waals surface area contributed by atoms with Gasteiger partial charge in [-0.1, -0.05) is 12.1 Å². The van der Waals surface area contributed by atoms with Crippen LogP contribution < -0.4 is 15.4 Å². The number of rotatable bonds is 5. The Labute approximate surface area is 109 Å². The Hall–Kier alpha value is -1.26. The van der Waals surface area contributed by atoms with Gasteiger partial charge in [-0.05, 0) is 25.0 Å². The Morgan fingerprint density at radius 3 is 2.72 bits per heavy atom. The number of nitrogens with two attached hydrogens (primary N) is 1. The standard InChI is InChI=1S/C14H22N2O2/c1-16(10-12-8-7-11(9-15)18-12)13-5-3-4-6-14(13)17-2/h3-6,11-12H,7-10,15H2,1-2H3. The van der Waals surface area contributed by atoms with Crippen LogP contribution in [0.5, 0.6) is 5.75 Å². The van der Waals surface area contributed by atoms with E-state index in [2.05, 4.69) is 18.0 Å². The smallest absolute Gasteiger partial charge is 0.142 e. The molecule has 0 saturated carbocycles. The van der Waals surface area contributed by atoms with Crippen molar-refractivity contribution in [3.05, 3.63) is 24.3 Å². The maximum atomic E-state index is 5.87. The van der Waals surface area contributed by atoms with Gasteiger partial charge in [0, 0.05) is 20.1 Å². The van der Waals surface area contributed by atoms with Crippen molar-refractivity contribution in [2.75, 3.05) is 32.1 Å². The van der Waals surface area contributed by atoms with Gasteiger partial charge >= 0.3 is 0 Å². The first-order valence-electron chi connectivity index (χ1n) is 6.44. The van der Waals surface area contributed by atoms with Gasteiger partial charge in [-0.2, -0.15) is 0 Å². The minimum absolute atomic E-state index is 0.237. The quantitative estimate of drug-likeness (QED) is 0.863. The summed E-state index contributed by atoms with van der Waals surface area (Å²) in [6.45, 7) is 1.49. The lowest BCUT2D eigenvalue weighted by atomic mass is 10.2. The van der Waals surface area contributed by atoms with Crippen molar-refractivity contribution in [3.8, 4) is 5.75 Å². The van der Waals surface area contributed by atoms with Crippen LogP contribution in [0.2, 0.25) is 0 Å². The van der Waals surface area contributed by atoms with Crippen LogP contribution in [-0.4, -0.2) is 39.5 Å². The number of benzene rings is 1. The number of likely N-dealkylation sites (N-methyl/N-ethyl adjacent to an activating group) is 1. The second-order valence-electron chi connectivity index (χ2n) is 4.75. The molecule has 2 atom stereocenters. The SMILES string of the molecule is COc1ccccc1N(C)CC1CCC(CN)O1. The molecule has 1 saturated heterocycles.